The van der Waals surface area contributed by atoms with E-state index in [1.165, 1.54) is 0 Å². The number of benzene rings is 6. The van der Waals surface area contributed by atoms with Crippen LogP contribution in [0.4, 0.5) is 0 Å². The maximum absolute atomic E-state index is 6.81. The first kappa shape index (κ1) is 66.0. The van der Waals surface area contributed by atoms with Gasteiger partial charge in [-0.2, -0.15) is 0 Å². The van der Waals surface area contributed by atoms with Gasteiger partial charge in [0.05, 0.1) is 89.7 Å². The van der Waals surface area contributed by atoms with E-state index in [2.05, 4.69) is 175 Å². The summed E-state index contributed by atoms with van der Waals surface area (Å²) in [4.78, 5) is 42.7. The van der Waals surface area contributed by atoms with Crippen LogP contribution in [0, 0.1) is 0 Å². The molecule has 0 N–H and O–H groups in total. The van der Waals surface area contributed by atoms with Crippen molar-refractivity contribution in [2.75, 3.05) is 21.3 Å². The second-order valence-corrected chi connectivity index (χ2v) is 25.5. The smallest absolute Gasteiger partial charge is 0.161 e. The fraction of sp³-hybridized carbons (Fsp3) is 0.100. The molecule has 0 amide bonds. The van der Waals surface area contributed by atoms with Gasteiger partial charge in [0.2, 0.25) is 0 Å². The van der Waals surface area contributed by atoms with Crippen molar-refractivity contribution in [3.8, 4) is 136 Å². The van der Waals surface area contributed by atoms with Crippen molar-refractivity contribution in [2.24, 2.45) is 0 Å². The van der Waals surface area contributed by atoms with Gasteiger partial charge >= 0.3 is 0 Å². The molecule has 9 aromatic heterocycles. The Morgan fingerprint density at radius 1 is 0.219 bits per heavy atom. The molecule has 510 valence electrons. The third kappa shape index (κ3) is 15.0. The molecule has 0 radical (unpaired) electrons. The van der Waals surface area contributed by atoms with Crippen LogP contribution in [-0.2, 0) is 39.1 Å². The van der Waals surface area contributed by atoms with Crippen LogP contribution < -0.4 is 28.4 Å². The van der Waals surface area contributed by atoms with Gasteiger partial charge in [-0.1, -0.05) is 109 Å². The van der Waals surface area contributed by atoms with E-state index in [4.69, 9.17) is 43.4 Å². The molecule has 0 aliphatic heterocycles. The number of ether oxygens (including phenoxy) is 6. The van der Waals surface area contributed by atoms with Crippen molar-refractivity contribution < 1.29 is 28.4 Å². The Kier molecular flexibility index (Phi) is 19.1. The van der Waals surface area contributed by atoms with E-state index >= 15 is 0 Å². The van der Waals surface area contributed by atoms with E-state index in [0.717, 1.165) is 152 Å². The van der Waals surface area contributed by atoms with Gasteiger partial charge in [-0.05, 0) is 248 Å². The Labute approximate surface area is 608 Å². The van der Waals surface area contributed by atoms with Crippen molar-refractivity contribution in [2.45, 2.75) is 39.1 Å². The summed E-state index contributed by atoms with van der Waals surface area (Å²) in [6, 6.07) is 85.5. The average molecular weight is 1370 g/mol. The van der Waals surface area contributed by atoms with E-state index in [1.54, 1.807) is 58.5 Å². The van der Waals surface area contributed by atoms with Gasteiger partial charge in [0, 0.05) is 37.2 Å². The second kappa shape index (κ2) is 30.4. The third-order valence-corrected chi connectivity index (χ3v) is 18.7. The SMILES string of the molecule is COc1cc2c(cc1OCc1ccc(-c3cc(-c4ccccn4)nc(-c4ccccn4)c3)cc1)Cc1cc(OC)c(OCc3ccc(-c4cc(-c5ccccn5)nc(-c5ccccn5)c4)cc3)cc1Cc1cc(OC)c(OCc3ccc(-c4cc(-c5ccccn5)nc(-c5ccccn5)c4)cc3)cc1C2. The zero-order chi connectivity index (χ0) is 70.8. The molecule has 0 unspecified atom stereocenters. The van der Waals surface area contributed by atoms with Gasteiger partial charge in [0.15, 0.2) is 34.5 Å². The molecule has 0 spiro atoms. The fourth-order valence-electron chi connectivity index (χ4n) is 13.2. The van der Waals surface area contributed by atoms with Crippen molar-refractivity contribution in [3.63, 3.8) is 0 Å². The van der Waals surface area contributed by atoms with Crippen molar-refractivity contribution >= 4 is 0 Å². The number of methoxy groups -OCH3 is 3. The molecule has 0 saturated carbocycles. The summed E-state index contributed by atoms with van der Waals surface area (Å²) in [6.45, 7) is 0.866. The highest BCUT2D eigenvalue weighted by Gasteiger charge is 2.24. The van der Waals surface area contributed by atoms with Crippen LogP contribution in [0.3, 0.4) is 0 Å². The van der Waals surface area contributed by atoms with Gasteiger partial charge < -0.3 is 28.4 Å². The number of pyridine rings is 9. The summed E-state index contributed by atoms with van der Waals surface area (Å²) in [6.07, 6.45) is 12.4. The molecule has 0 fully saturated rings. The normalized spacial score (nSPS) is 11.6. The summed E-state index contributed by atoms with van der Waals surface area (Å²) in [5, 5.41) is 0. The predicted octanol–water partition coefficient (Wildman–Crippen LogP) is 19.1. The van der Waals surface area contributed by atoms with E-state index in [0.29, 0.717) is 53.8 Å². The van der Waals surface area contributed by atoms with Gasteiger partial charge in [-0.15, -0.1) is 0 Å². The quantitative estimate of drug-likeness (QED) is 0.0665. The molecule has 15 aromatic rings. The van der Waals surface area contributed by atoms with Crippen LogP contribution in [-0.4, -0.2) is 66.2 Å². The molecular weight excluding hydrogens is 1300 g/mol. The Hall–Kier alpha value is -13.5. The lowest BCUT2D eigenvalue weighted by atomic mass is 9.94. The van der Waals surface area contributed by atoms with E-state index < -0.39 is 0 Å². The van der Waals surface area contributed by atoms with Crippen molar-refractivity contribution in [1.29, 1.82) is 0 Å². The molecular formula is C90H69N9O6. The zero-order valence-electron chi connectivity index (χ0n) is 57.9. The van der Waals surface area contributed by atoms with E-state index in [1.807, 2.05) is 109 Å². The summed E-state index contributed by atoms with van der Waals surface area (Å²) >= 11 is 0. The minimum absolute atomic E-state index is 0.289. The van der Waals surface area contributed by atoms with E-state index in [-0.39, 0.29) is 19.8 Å². The first-order chi connectivity index (χ1) is 51.8. The van der Waals surface area contributed by atoms with Crippen molar-refractivity contribution in [3.05, 3.63) is 342 Å². The van der Waals surface area contributed by atoms with E-state index in [9.17, 15) is 0 Å². The first-order valence-electron chi connectivity index (χ1n) is 34.6. The van der Waals surface area contributed by atoms with Gasteiger partial charge in [0.1, 0.15) is 19.8 Å². The van der Waals surface area contributed by atoms with Gasteiger partial charge in [0.25, 0.3) is 0 Å². The predicted molar refractivity (Wildman–Crippen MR) is 409 cm³/mol. The molecule has 15 nitrogen and oxygen atoms in total. The third-order valence-electron chi connectivity index (χ3n) is 18.7. The molecule has 1 aliphatic rings. The number of fused-ring (bicyclic) bond motifs is 3. The van der Waals surface area contributed by atoms with Crippen LogP contribution >= 0.6 is 0 Å². The zero-order valence-corrected chi connectivity index (χ0v) is 57.9. The molecule has 0 bridgehead atoms. The summed E-state index contributed by atoms with van der Waals surface area (Å²) < 4.78 is 39.1. The topological polar surface area (TPSA) is 171 Å². The molecule has 1 aliphatic carbocycles. The van der Waals surface area contributed by atoms with Crippen molar-refractivity contribution in [1.82, 2.24) is 44.9 Å². The molecule has 15 heteroatoms. The molecule has 16 rings (SSSR count). The first-order valence-corrected chi connectivity index (χ1v) is 34.6. The maximum atomic E-state index is 6.81. The fourth-order valence-corrected chi connectivity index (χ4v) is 13.2. The Bertz CT molecular complexity index is 4830. The van der Waals surface area contributed by atoms with Gasteiger partial charge in [-0.25, -0.2) is 15.0 Å². The minimum atomic E-state index is 0.289. The molecule has 6 aromatic carbocycles. The average Bonchev–Trinajstić information content (AvgIpc) is 1.69. The standard InChI is InChI=1S/C90H69N9O6/c1-100-85-49-64-40-68-53-89(104-56-59-24-30-62(31-25-59)71-45-81(75-18-6-12-36-93-75)98-82(46-71)76-19-7-13-37-94-76)87(102-3)51-66(68)42-69-54-90(105-57-60-26-32-63(33-27-60)72-47-83(77-20-8-14-38-95-77)99-84(48-72)78-21-9-15-39-96-78)86(101-2)50-65(69)41-67(64)52-88(85)103-55-58-22-28-61(29-23-58)70-43-79(73-16-4-10-34-91-73)97-80(44-70)74-17-5-11-35-92-74/h4-39,43-54H,40-42,55-57H2,1-3H3. The molecule has 0 atom stereocenters. The summed E-state index contributed by atoms with van der Waals surface area (Å²) in [7, 11) is 5.07. The number of hydrogen-bond acceptors (Lipinski definition) is 15. The molecule has 105 heavy (non-hydrogen) atoms. The highest BCUT2D eigenvalue weighted by molar-refractivity contribution is 5.78. The molecule has 9 heterocycles. The lowest BCUT2D eigenvalue weighted by molar-refractivity contribution is 0.283. The highest BCUT2D eigenvalue weighted by atomic mass is 16.5. The highest BCUT2D eigenvalue weighted by Crippen LogP contribution is 2.43. The van der Waals surface area contributed by atoms with Crippen LogP contribution in [0.1, 0.15) is 50.1 Å². The Morgan fingerprint density at radius 2 is 0.429 bits per heavy atom. The lowest BCUT2D eigenvalue weighted by Gasteiger charge is -2.18. The minimum Gasteiger partial charge on any atom is -0.493 e. The number of hydrogen-bond donors (Lipinski definition) is 0. The van der Waals surface area contributed by atoms with Crippen LogP contribution in [0.25, 0.3) is 102 Å². The van der Waals surface area contributed by atoms with Crippen LogP contribution in [0.15, 0.2) is 292 Å². The molecule has 0 saturated heterocycles. The maximum Gasteiger partial charge on any atom is 0.161 e. The number of rotatable bonds is 21. The monoisotopic (exact) mass is 1370 g/mol. The Morgan fingerprint density at radius 3 is 0.619 bits per heavy atom. The number of aromatic nitrogens is 9. The second-order valence-electron chi connectivity index (χ2n) is 25.5. The van der Waals surface area contributed by atoms with Crippen LogP contribution in [0.5, 0.6) is 34.5 Å². The van der Waals surface area contributed by atoms with Gasteiger partial charge in [-0.3, -0.25) is 29.9 Å². The number of nitrogens with zero attached hydrogens (tertiary/aromatic N) is 9. The summed E-state index contributed by atoms with van der Waals surface area (Å²) in [5.41, 5.74) is 24.6. The summed E-state index contributed by atoms with van der Waals surface area (Å²) in [5.74, 6) is 3.72. The van der Waals surface area contributed by atoms with Crippen LogP contribution in [0.2, 0.25) is 0 Å². The Balaban J connectivity index is 0.703. The lowest BCUT2D eigenvalue weighted by Crippen LogP contribution is -2.04. The largest absolute Gasteiger partial charge is 0.493 e.